The molecule has 0 spiro atoms. The molecule has 0 radical (unpaired) electrons. The van der Waals surface area contributed by atoms with Gasteiger partial charge in [0.25, 0.3) is 5.91 Å². The van der Waals surface area contributed by atoms with Gasteiger partial charge in [0.1, 0.15) is 11.5 Å². The van der Waals surface area contributed by atoms with E-state index >= 15 is 0 Å². The second kappa shape index (κ2) is 6.48. The van der Waals surface area contributed by atoms with Gasteiger partial charge in [-0.3, -0.25) is 9.78 Å². The van der Waals surface area contributed by atoms with E-state index < -0.39 is 0 Å². The number of aromatic nitrogens is 1. The minimum atomic E-state index is -0.165. The topological polar surface area (TPSA) is 55.1 Å². The van der Waals surface area contributed by atoms with Gasteiger partial charge < -0.3 is 9.73 Å². The first-order chi connectivity index (χ1) is 11.1. The van der Waals surface area contributed by atoms with E-state index in [9.17, 15) is 4.79 Å². The molecular formula is C19H18N2O2. The van der Waals surface area contributed by atoms with Gasteiger partial charge in [-0.05, 0) is 38.1 Å². The second-order valence-corrected chi connectivity index (χ2v) is 5.49. The van der Waals surface area contributed by atoms with Crippen molar-refractivity contribution in [2.75, 3.05) is 0 Å². The van der Waals surface area contributed by atoms with Crippen LogP contribution in [0.5, 0.6) is 0 Å². The van der Waals surface area contributed by atoms with Crippen molar-refractivity contribution in [3.8, 4) is 11.3 Å². The number of rotatable bonds is 4. The van der Waals surface area contributed by atoms with Crippen LogP contribution >= 0.6 is 0 Å². The third-order valence-corrected chi connectivity index (χ3v) is 3.59. The summed E-state index contributed by atoms with van der Waals surface area (Å²) in [6, 6.07) is 15.5. The van der Waals surface area contributed by atoms with Crippen LogP contribution in [-0.2, 0) is 6.54 Å². The smallest absolute Gasteiger partial charge is 0.253 e. The number of benzene rings is 1. The van der Waals surface area contributed by atoms with E-state index in [-0.39, 0.29) is 5.91 Å². The van der Waals surface area contributed by atoms with E-state index in [2.05, 4.69) is 10.3 Å². The molecule has 116 valence electrons. The number of carbonyl (C=O) groups is 1. The molecule has 0 saturated heterocycles. The van der Waals surface area contributed by atoms with Crippen molar-refractivity contribution in [3.05, 3.63) is 77.4 Å². The second-order valence-electron chi connectivity index (χ2n) is 5.49. The maximum atomic E-state index is 12.1. The number of carbonyl (C=O) groups excluding carboxylic acids is 1. The van der Waals surface area contributed by atoms with E-state index in [4.69, 9.17) is 4.42 Å². The van der Waals surface area contributed by atoms with Gasteiger partial charge in [0.15, 0.2) is 0 Å². The molecule has 2 aromatic heterocycles. The first-order valence-corrected chi connectivity index (χ1v) is 7.48. The SMILES string of the molecule is Cc1ccc(-c2ccc(C(=O)NCc3ccc(C)o3)cn2)cc1. The van der Waals surface area contributed by atoms with Crippen molar-refractivity contribution in [2.45, 2.75) is 20.4 Å². The van der Waals surface area contributed by atoms with E-state index in [0.29, 0.717) is 12.1 Å². The third-order valence-electron chi connectivity index (χ3n) is 3.59. The molecular weight excluding hydrogens is 288 g/mol. The van der Waals surface area contributed by atoms with Crippen molar-refractivity contribution in [1.29, 1.82) is 0 Å². The normalized spacial score (nSPS) is 10.5. The van der Waals surface area contributed by atoms with E-state index in [0.717, 1.165) is 22.8 Å². The van der Waals surface area contributed by atoms with Gasteiger partial charge in [0.05, 0.1) is 17.8 Å². The van der Waals surface area contributed by atoms with Crippen molar-refractivity contribution in [2.24, 2.45) is 0 Å². The fraction of sp³-hybridized carbons (Fsp3) is 0.158. The van der Waals surface area contributed by atoms with Gasteiger partial charge in [0, 0.05) is 11.8 Å². The molecule has 0 aliphatic carbocycles. The van der Waals surface area contributed by atoms with Crippen molar-refractivity contribution >= 4 is 5.91 Å². The molecule has 1 amide bonds. The molecule has 0 bridgehead atoms. The predicted molar refractivity (Wildman–Crippen MR) is 89.0 cm³/mol. The van der Waals surface area contributed by atoms with Crippen LogP contribution < -0.4 is 5.32 Å². The molecule has 0 atom stereocenters. The lowest BCUT2D eigenvalue weighted by Crippen LogP contribution is -2.22. The molecule has 0 unspecified atom stereocenters. The Labute approximate surface area is 135 Å². The van der Waals surface area contributed by atoms with Crippen LogP contribution in [0, 0.1) is 13.8 Å². The standard InChI is InChI=1S/C19H18N2O2/c1-13-3-6-15(7-4-13)18-10-8-16(11-20-18)19(22)21-12-17-9-5-14(2)23-17/h3-11H,12H2,1-2H3,(H,21,22). The lowest BCUT2D eigenvalue weighted by molar-refractivity contribution is 0.0947. The highest BCUT2D eigenvalue weighted by Gasteiger charge is 2.08. The molecule has 3 aromatic rings. The van der Waals surface area contributed by atoms with Crippen LogP contribution in [0.4, 0.5) is 0 Å². The maximum absolute atomic E-state index is 12.1. The number of hydrogen-bond acceptors (Lipinski definition) is 3. The number of furan rings is 1. The first kappa shape index (κ1) is 15.0. The Morgan fingerprint density at radius 1 is 1.04 bits per heavy atom. The lowest BCUT2D eigenvalue weighted by atomic mass is 10.1. The van der Waals surface area contributed by atoms with Gasteiger partial charge in [-0.15, -0.1) is 0 Å². The summed E-state index contributed by atoms with van der Waals surface area (Å²) in [5.41, 5.74) is 3.62. The summed E-state index contributed by atoms with van der Waals surface area (Å²) in [6.45, 7) is 4.29. The number of hydrogen-bond donors (Lipinski definition) is 1. The van der Waals surface area contributed by atoms with Crippen LogP contribution in [0.25, 0.3) is 11.3 Å². The highest BCUT2D eigenvalue weighted by molar-refractivity contribution is 5.94. The number of aryl methyl sites for hydroxylation is 2. The molecule has 1 N–H and O–H groups in total. The molecule has 0 fully saturated rings. The molecule has 23 heavy (non-hydrogen) atoms. The number of amides is 1. The van der Waals surface area contributed by atoms with Crippen molar-refractivity contribution in [3.63, 3.8) is 0 Å². The maximum Gasteiger partial charge on any atom is 0.253 e. The predicted octanol–water partition coefficient (Wildman–Crippen LogP) is 3.89. The molecule has 0 aliphatic heterocycles. The largest absolute Gasteiger partial charge is 0.465 e. The van der Waals surface area contributed by atoms with E-state index in [1.807, 2.05) is 56.3 Å². The minimum Gasteiger partial charge on any atom is -0.465 e. The Morgan fingerprint density at radius 2 is 1.83 bits per heavy atom. The summed E-state index contributed by atoms with van der Waals surface area (Å²) in [5, 5.41) is 2.82. The Hall–Kier alpha value is -2.88. The fourth-order valence-electron chi connectivity index (χ4n) is 2.27. The molecule has 1 aromatic carbocycles. The summed E-state index contributed by atoms with van der Waals surface area (Å²) in [4.78, 5) is 16.5. The first-order valence-electron chi connectivity index (χ1n) is 7.48. The van der Waals surface area contributed by atoms with E-state index in [1.54, 1.807) is 12.3 Å². The number of nitrogens with zero attached hydrogens (tertiary/aromatic N) is 1. The number of pyridine rings is 1. The Kier molecular flexibility index (Phi) is 4.24. The van der Waals surface area contributed by atoms with Gasteiger partial charge in [0.2, 0.25) is 0 Å². The van der Waals surface area contributed by atoms with Crippen LogP contribution in [-0.4, -0.2) is 10.9 Å². The molecule has 0 aliphatic rings. The molecule has 3 rings (SSSR count). The molecule has 0 saturated carbocycles. The van der Waals surface area contributed by atoms with Crippen LogP contribution in [0.15, 0.2) is 59.1 Å². The summed E-state index contributed by atoms with van der Waals surface area (Å²) < 4.78 is 5.43. The van der Waals surface area contributed by atoms with Crippen molar-refractivity contribution in [1.82, 2.24) is 10.3 Å². The zero-order valence-corrected chi connectivity index (χ0v) is 13.2. The average Bonchev–Trinajstić information content (AvgIpc) is 2.99. The highest BCUT2D eigenvalue weighted by Crippen LogP contribution is 2.17. The minimum absolute atomic E-state index is 0.165. The quantitative estimate of drug-likeness (QED) is 0.795. The van der Waals surface area contributed by atoms with E-state index in [1.165, 1.54) is 5.56 Å². The third kappa shape index (κ3) is 3.66. The highest BCUT2D eigenvalue weighted by atomic mass is 16.3. The number of nitrogens with one attached hydrogen (secondary N) is 1. The lowest BCUT2D eigenvalue weighted by Gasteiger charge is -2.05. The van der Waals surface area contributed by atoms with Crippen molar-refractivity contribution < 1.29 is 9.21 Å². The summed E-state index contributed by atoms with van der Waals surface area (Å²) in [5.74, 6) is 1.40. The van der Waals surface area contributed by atoms with Gasteiger partial charge >= 0.3 is 0 Å². The Bertz CT molecular complexity index is 802. The molecule has 2 heterocycles. The zero-order chi connectivity index (χ0) is 16.2. The Morgan fingerprint density at radius 3 is 2.43 bits per heavy atom. The van der Waals surface area contributed by atoms with Gasteiger partial charge in [-0.2, -0.15) is 0 Å². The van der Waals surface area contributed by atoms with Gasteiger partial charge in [-0.1, -0.05) is 29.8 Å². The zero-order valence-electron chi connectivity index (χ0n) is 13.2. The Balaban J connectivity index is 1.66. The van der Waals surface area contributed by atoms with Gasteiger partial charge in [-0.25, -0.2) is 0 Å². The fourth-order valence-corrected chi connectivity index (χ4v) is 2.27. The van der Waals surface area contributed by atoms with Crippen LogP contribution in [0.2, 0.25) is 0 Å². The van der Waals surface area contributed by atoms with Crippen LogP contribution in [0.1, 0.15) is 27.4 Å². The monoisotopic (exact) mass is 306 g/mol. The summed E-state index contributed by atoms with van der Waals surface area (Å²) in [7, 11) is 0. The average molecular weight is 306 g/mol. The van der Waals surface area contributed by atoms with Crippen LogP contribution in [0.3, 0.4) is 0 Å². The molecule has 4 heteroatoms. The molecule has 4 nitrogen and oxygen atoms in total. The summed E-state index contributed by atoms with van der Waals surface area (Å²) in [6.07, 6.45) is 1.60. The summed E-state index contributed by atoms with van der Waals surface area (Å²) >= 11 is 0.